The Bertz CT molecular complexity index is 774. The fourth-order valence-electron chi connectivity index (χ4n) is 1.88. The minimum Gasteiger partial charge on any atom is -0.331 e. The second-order valence-corrected chi connectivity index (χ2v) is 7.14. The molecule has 0 aliphatic rings. The molecule has 1 heterocycles. The highest BCUT2D eigenvalue weighted by molar-refractivity contribution is 14.1. The first-order chi connectivity index (χ1) is 10.1. The molecule has 0 unspecified atom stereocenters. The molecule has 0 saturated heterocycles. The van der Waals surface area contributed by atoms with Crippen LogP contribution in [0.25, 0.3) is 11.3 Å². The predicted octanol–water partition coefficient (Wildman–Crippen LogP) is 6.70. The molecule has 0 aliphatic carbocycles. The standard InChI is InChI=1S/C16H12ClIN2S.BrH/c1-10-2-7-13(8-14(10)17)19-16-20-15(9-21-16)11-3-5-12(18)6-4-11;/h2-9H,1H3,(H,19,20);1H. The van der Waals surface area contributed by atoms with E-state index in [0.29, 0.717) is 0 Å². The number of anilines is 2. The molecule has 0 amide bonds. The molecule has 0 radical (unpaired) electrons. The summed E-state index contributed by atoms with van der Waals surface area (Å²) in [6.45, 7) is 1.99. The number of nitrogens with zero attached hydrogens (tertiary/aromatic N) is 1. The molecule has 2 aromatic carbocycles. The molecule has 0 bridgehead atoms. The van der Waals surface area contributed by atoms with Gasteiger partial charge in [0.05, 0.1) is 5.69 Å². The molecule has 0 spiro atoms. The number of hydrogen-bond donors (Lipinski definition) is 1. The van der Waals surface area contributed by atoms with E-state index in [0.717, 1.165) is 32.7 Å². The molecule has 0 saturated carbocycles. The van der Waals surface area contributed by atoms with Crippen LogP contribution >= 0.6 is 62.5 Å². The Kier molecular flexibility index (Phi) is 6.26. The number of nitrogens with one attached hydrogen (secondary N) is 1. The van der Waals surface area contributed by atoms with E-state index in [9.17, 15) is 0 Å². The average molecular weight is 508 g/mol. The van der Waals surface area contributed by atoms with Crippen LogP contribution in [0.2, 0.25) is 5.02 Å². The summed E-state index contributed by atoms with van der Waals surface area (Å²) in [5, 5.41) is 6.97. The van der Waals surface area contributed by atoms with Gasteiger partial charge in [-0.15, -0.1) is 28.3 Å². The third kappa shape index (κ3) is 4.22. The summed E-state index contributed by atoms with van der Waals surface area (Å²) in [4.78, 5) is 4.62. The van der Waals surface area contributed by atoms with Crippen LogP contribution < -0.4 is 5.32 Å². The van der Waals surface area contributed by atoms with Crippen molar-refractivity contribution in [2.24, 2.45) is 0 Å². The average Bonchev–Trinajstić information content (AvgIpc) is 2.92. The Balaban J connectivity index is 0.00000176. The highest BCUT2D eigenvalue weighted by Gasteiger charge is 2.05. The lowest BCUT2D eigenvalue weighted by Gasteiger charge is -2.04. The molecule has 1 N–H and O–H groups in total. The van der Waals surface area contributed by atoms with Gasteiger partial charge in [0.1, 0.15) is 0 Å². The van der Waals surface area contributed by atoms with Crippen LogP contribution in [0.4, 0.5) is 10.8 Å². The molecular formula is C16H13BrClIN2S. The predicted molar refractivity (Wildman–Crippen MR) is 110 cm³/mol. The van der Waals surface area contributed by atoms with Crippen LogP contribution in [-0.2, 0) is 0 Å². The lowest BCUT2D eigenvalue weighted by Crippen LogP contribution is -1.90. The number of benzene rings is 2. The molecule has 0 fully saturated rings. The van der Waals surface area contributed by atoms with Gasteiger partial charge in [-0.1, -0.05) is 29.8 Å². The summed E-state index contributed by atoms with van der Waals surface area (Å²) in [5.41, 5.74) is 4.13. The van der Waals surface area contributed by atoms with Crippen molar-refractivity contribution in [1.82, 2.24) is 4.98 Å². The summed E-state index contributed by atoms with van der Waals surface area (Å²) in [7, 11) is 0. The monoisotopic (exact) mass is 506 g/mol. The van der Waals surface area contributed by atoms with Crippen LogP contribution in [-0.4, -0.2) is 4.98 Å². The first-order valence-corrected chi connectivity index (χ1v) is 8.70. The molecule has 3 rings (SSSR count). The van der Waals surface area contributed by atoms with Gasteiger partial charge >= 0.3 is 0 Å². The Morgan fingerprint density at radius 1 is 1.14 bits per heavy atom. The molecule has 2 nitrogen and oxygen atoms in total. The van der Waals surface area contributed by atoms with Crippen molar-refractivity contribution in [2.45, 2.75) is 6.92 Å². The van der Waals surface area contributed by atoms with E-state index in [4.69, 9.17) is 11.6 Å². The van der Waals surface area contributed by atoms with Crippen molar-refractivity contribution in [2.75, 3.05) is 5.32 Å². The Morgan fingerprint density at radius 2 is 1.86 bits per heavy atom. The first-order valence-electron chi connectivity index (χ1n) is 6.36. The van der Waals surface area contributed by atoms with Crippen molar-refractivity contribution >= 4 is 73.3 Å². The van der Waals surface area contributed by atoms with Gasteiger partial charge in [-0.05, 0) is 59.3 Å². The summed E-state index contributed by atoms with van der Waals surface area (Å²) >= 11 is 10.0. The number of rotatable bonds is 3. The fourth-order valence-corrected chi connectivity index (χ4v) is 3.16. The van der Waals surface area contributed by atoms with Crippen molar-refractivity contribution < 1.29 is 0 Å². The van der Waals surface area contributed by atoms with E-state index < -0.39 is 0 Å². The SMILES string of the molecule is Br.Cc1ccc(Nc2nc(-c3ccc(I)cc3)cs2)cc1Cl. The maximum atomic E-state index is 6.14. The van der Waals surface area contributed by atoms with Crippen molar-refractivity contribution in [1.29, 1.82) is 0 Å². The molecular weight excluding hydrogens is 495 g/mol. The minimum absolute atomic E-state index is 0. The highest BCUT2D eigenvalue weighted by atomic mass is 127. The number of aryl methyl sites for hydroxylation is 1. The smallest absolute Gasteiger partial charge is 0.187 e. The number of hydrogen-bond acceptors (Lipinski definition) is 3. The van der Waals surface area contributed by atoms with Gasteiger partial charge in [0.25, 0.3) is 0 Å². The van der Waals surface area contributed by atoms with Gasteiger partial charge in [-0.25, -0.2) is 4.98 Å². The van der Waals surface area contributed by atoms with Crippen molar-refractivity contribution in [3.63, 3.8) is 0 Å². The number of aromatic nitrogens is 1. The fraction of sp³-hybridized carbons (Fsp3) is 0.0625. The van der Waals surface area contributed by atoms with Gasteiger partial charge in [-0.3, -0.25) is 0 Å². The van der Waals surface area contributed by atoms with E-state index in [-0.39, 0.29) is 17.0 Å². The maximum Gasteiger partial charge on any atom is 0.187 e. The second kappa shape index (κ2) is 7.77. The van der Waals surface area contributed by atoms with E-state index >= 15 is 0 Å². The lowest BCUT2D eigenvalue weighted by atomic mass is 10.2. The molecule has 114 valence electrons. The zero-order valence-electron chi connectivity index (χ0n) is 11.6. The topological polar surface area (TPSA) is 24.9 Å². The second-order valence-electron chi connectivity index (χ2n) is 4.63. The van der Waals surface area contributed by atoms with E-state index in [2.05, 4.69) is 62.5 Å². The quantitative estimate of drug-likeness (QED) is 0.399. The number of thiazole rings is 1. The third-order valence-corrected chi connectivity index (χ3v) is 4.95. The van der Waals surface area contributed by atoms with Crippen LogP contribution in [0.1, 0.15) is 5.56 Å². The third-order valence-electron chi connectivity index (χ3n) is 3.07. The van der Waals surface area contributed by atoms with Gasteiger partial charge in [0.15, 0.2) is 5.13 Å². The summed E-state index contributed by atoms with van der Waals surface area (Å²) < 4.78 is 1.22. The first kappa shape index (κ1) is 17.7. The molecule has 6 heteroatoms. The van der Waals surface area contributed by atoms with Gasteiger partial charge in [-0.2, -0.15) is 0 Å². The van der Waals surface area contributed by atoms with Crippen LogP contribution in [0.3, 0.4) is 0 Å². The lowest BCUT2D eigenvalue weighted by molar-refractivity contribution is 1.37. The molecule has 22 heavy (non-hydrogen) atoms. The Morgan fingerprint density at radius 3 is 2.55 bits per heavy atom. The summed E-state index contributed by atoms with van der Waals surface area (Å²) in [5.74, 6) is 0. The molecule has 0 aliphatic heterocycles. The maximum absolute atomic E-state index is 6.14. The number of halogens is 3. The summed E-state index contributed by atoms with van der Waals surface area (Å²) in [6.07, 6.45) is 0. The largest absolute Gasteiger partial charge is 0.331 e. The minimum atomic E-state index is 0. The van der Waals surface area contributed by atoms with Crippen molar-refractivity contribution in [3.8, 4) is 11.3 Å². The van der Waals surface area contributed by atoms with Crippen molar-refractivity contribution in [3.05, 3.63) is 62.0 Å². The van der Waals surface area contributed by atoms with Crippen LogP contribution in [0, 0.1) is 10.5 Å². The van der Waals surface area contributed by atoms with E-state index in [1.54, 1.807) is 11.3 Å². The zero-order chi connectivity index (χ0) is 14.8. The van der Waals surface area contributed by atoms with Gasteiger partial charge < -0.3 is 5.32 Å². The van der Waals surface area contributed by atoms with E-state index in [1.807, 2.05) is 25.1 Å². The normalized spacial score (nSPS) is 10.1. The molecule has 1 aromatic heterocycles. The highest BCUT2D eigenvalue weighted by Crippen LogP contribution is 2.29. The molecule has 0 atom stereocenters. The van der Waals surface area contributed by atoms with Gasteiger partial charge in [0, 0.05) is 25.2 Å². The Labute approximate surface area is 162 Å². The summed E-state index contributed by atoms with van der Waals surface area (Å²) in [6, 6.07) is 14.3. The Hall–Kier alpha value is -0.630. The molecule has 3 aromatic rings. The van der Waals surface area contributed by atoms with Crippen LogP contribution in [0.5, 0.6) is 0 Å². The van der Waals surface area contributed by atoms with E-state index in [1.165, 1.54) is 3.57 Å². The zero-order valence-corrected chi connectivity index (χ0v) is 17.1. The van der Waals surface area contributed by atoms with Crippen LogP contribution in [0.15, 0.2) is 47.8 Å². The van der Waals surface area contributed by atoms with Gasteiger partial charge in [0.2, 0.25) is 0 Å².